The van der Waals surface area contributed by atoms with E-state index in [1.807, 2.05) is 4.90 Å². The Kier molecular flexibility index (Phi) is 3.15. The number of aromatic hydroxyl groups is 1. The minimum absolute atomic E-state index is 0.497. The molecule has 0 unspecified atom stereocenters. The number of nitrogens with one attached hydrogen (secondary N) is 1. The molecule has 0 amide bonds. The zero-order valence-corrected chi connectivity index (χ0v) is 9.09. The number of benzene rings is 1. The maximum atomic E-state index is 12.6. The van der Waals surface area contributed by atoms with Crippen LogP contribution >= 0.6 is 0 Å². The minimum atomic E-state index is -4.52. The summed E-state index contributed by atoms with van der Waals surface area (Å²) in [6.07, 6.45) is -4.52. The molecule has 1 aliphatic rings. The van der Waals surface area contributed by atoms with Gasteiger partial charge in [-0.2, -0.15) is 13.2 Å². The highest BCUT2D eigenvalue weighted by atomic mass is 19.4. The van der Waals surface area contributed by atoms with Crippen LogP contribution in [0.1, 0.15) is 5.56 Å². The van der Waals surface area contributed by atoms with Crippen molar-refractivity contribution in [2.45, 2.75) is 6.18 Å². The van der Waals surface area contributed by atoms with Gasteiger partial charge in [0.25, 0.3) is 0 Å². The minimum Gasteiger partial charge on any atom is -0.507 e. The summed E-state index contributed by atoms with van der Waals surface area (Å²) in [5, 5.41) is 12.3. The second-order valence-corrected chi connectivity index (χ2v) is 3.94. The van der Waals surface area contributed by atoms with Gasteiger partial charge in [-0.25, -0.2) is 0 Å². The quantitative estimate of drug-likeness (QED) is 0.793. The molecule has 1 heterocycles. The maximum Gasteiger partial charge on any atom is 0.420 e. The van der Waals surface area contributed by atoms with Gasteiger partial charge in [-0.1, -0.05) is 0 Å². The Balaban J connectivity index is 2.30. The Morgan fingerprint density at radius 2 is 1.82 bits per heavy atom. The van der Waals surface area contributed by atoms with Gasteiger partial charge in [-0.15, -0.1) is 0 Å². The van der Waals surface area contributed by atoms with Crippen LogP contribution in [0.25, 0.3) is 0 Å². The molecule has 3 nitrogen and oxygen atoms in total. The fourth-order valence-electron chi connectivity index (χ4n) is 1.87. The molecule has 1 aromatic carbocycles. The normalized spacial score (nSPS) is 17.2. The van der Waals surface area contributed by atoms with E-state index < -0.39 is 17.5 Å². The van der Waals surface area contributed by atoms with Crippen LogP contribution in [0.4, 0.5) is 18.9 Å². The number of halogens is 3. The van der Waals surface area contributed by atoms with Gasteiger partial charge in [-0.05, 0) is 18.2 Å². The molecule has 0 saturated carbocycles. The van der Waals surface area contributed by atoms with Crippen LogP contribution in [-0.2, 0) is 6.18 Å². The SMILES string of the molecule is Oc1ccc(N2CCNCC2)cc1C(F)(F)F. The third-order valence-electron chi connectivity index (χ3n) is 2.77. The van der Waals surface area contributed by atoms with E-state index in [-0.39, 0.29) is 0 Å². The van der Waals surface area contributed by atoms with Crippen molar-refractivity contribution in [3.05, 3.63) is 23.8 Å². The average Bonchev–Trinajstić information content (AvgIpc) is 2.29. The van der Waals surface area contributed by atoms with Gasteiger partial charge in [0.2, 0.25) is 0 Å². The topological polar surface area (TPSA) is 35.5 Å². The molecule has 1 aliphatic heterocycles. The van der Waals surface area contributed by atoms with Crippen molar-refractivity contribution >= 4 is 5.69 Å². The van der Waals surface area contributed by atoms with Gasteiger partial charge in [0.1, 0.15) is 5.75 Å². The second kappa shape index (κ2) is 4.44. The fraction of sp³-hybridized carbons (Fsp3) is 0.455. The lowest BCUT2D eigenvalue weighted by Gasteiger charge is -2.30. The van der Waals surface area contributed by atoms with Crippen molar-refractivity contribution in [3.8, 4) is 5.75 Å². The number of piperazine rings is 1. The molecule has 17 heavy (non-hydrogen) atoms. The van der Waals surface area contributed by atoms with Gasteiger partial charge >= 0.3 is 6.18 Å². The lowest BCUT2D eigenvalue weighted by molar-refractivity contribution is -0.138. The highest BCUT2D eigenvalue weighted by Crippen LogP contribution is 2.37. The largest absolute Gasteiger partial charge is 0.507 e. The van der Waals surface area contributed by atoms with Gasteiger partial charge in [-0.3, -0.25) is 0 Å². The predicted octanol–water partition coefficient (Wildman–Crippen LogP) is 1.82. The summed E-state index contributed by atoms with van der Waals surface area (Å²) in [6.45, 7) is 2.84. The summed E-state index contributed by atoms with van der Waals surface area (Å²) in [5.74, 6) is -0.726. The second-order valence-electron chi connectivity index (χ2n) is 3.94. The standard InChI is InChI=1S/C11H13F3N2O/c12-11(13,14)9-7-8(1-2-10(9)17)16-5-3-15-4-6-16/h1-2,7,15,17H,3-6H2. The molecule has 0 atom stereocenters. The molecule has 0 radical (unpaired) electrons. The number of hydrogen-bond donors (Lipinski definition) is 2. The molecule has 1 fully saturated rings. The van der Waals surface area contributed by atoms with E-state index in [9.17, 15) is 18.3 Å². The third-order valence-corrected chi connectivity index (χ3v) is 2.77. The van der Waals surface area contributed by atoms with Crippen molar-refractivity contribution in [1.82, 2.24) is 5.32 Å². The zero-order valence-electron chi connectivity index (χ0n) is 9.09. The molecule has 0 aromatic heterocycles. The Hall–Kier alpha value is -1.43. The van der Waals surface area contributed by atoms with Crippen molar-refractivity contribution in [1.29, 1.82) is 0 Å². The van der Waals surface area contributed by atoms with Crippen LogP contribution in [0.15, 0.2) is 18.2 Å². The first-order valence-corrected chi connectivity index (χ1v) is 5.34. The zero-order chi connectivity index (χ0) is 12.5. The smallest absolute Gasteiger partial charge is 0.420 e. The first-order chi connectivity index (χ1) is 7.98. The highest BCUT2D eigenvalue weighted by Gasteiger charge is 2.34. The van der Waals surface area contributed by atoms with E-state index in [0.717, 1.165) is 25.2 Å². The van der Waals surface area contributed by atoms with E-state index in [4.69, 9.17) is 0 Å². The summed E-state index contributed by atoms with van der Waals surface area (Å²) in [6, 6.07) is 3.61. The van der Waals surface area contributed by atoms with Crippen LogP contribution in [0, 0.1) is 0 Å². The Labute approximate surface area is 96.9 Å². The van der Waals surface area contributed by atoms with Gasteiger partial charge < -0.3 is 15.3 Å². The van der Waals surface area contributed by atoms with Gasteiger partial charge in [0, 0.05) is 31.9 Å². The summed E-state index contributed by atoms with van der Waals surface area (Å²) in [7, 11) is 0. The molecule has 0 spiro atoms. The molecule has 0 bridgehead atoms. The number of phenols is 1. The number of alkyl halides is 3. The lowest BCUT2D eigenvalue weighted by atomic mass is 10.1. The number of nitrogens with zero attached hydrogens (tertiary/aromatic N) is 1. The number of rotatable bonds is 1. The van der Waals surface area contributed by atoms with Crippen molar-refractivity contribution < 1.29 is 18.3 Å². The first-order valence-electron chi connectivity index (χ1n) is 5.34. The van der Waals surface area contributed by atoms with Crippen LogP contribution in [0.3, 0.4) is 0 Å². The lowest BCUT2D eigenvalue weighted by Crippen LogP contribution is -2.43. The van der Waals surface area contributed by atoms with E-state index >= 15 is 0 Å². The molecular formula is C11H13F3N2O. The van der Waals surface area contributed by atoms with Crippen molar-refractivity contribution in [2.75, 3.05) is 31.1 Å². The molecule has 1 aromatic rings. The Morgan fingerprint density at radius 3 is 2.41 bits per heavy atom. The van der Waals surface area contributed by atoms with E-state index in [1.165, 1.54) is 6.07 Å². The van der Waals surface area contributed by atoms with Crippen LogP contribution < -0.4 is 10.2 Å². The van der Waals surface area contributed by atoms with E-state index in [2.05, 4.69) is 5.32 Å². The van der Waals surface area contributed by atoms with Gasteiger partial charge in [0.15, 0.2) is 0 Å². The summed E-state index contributed by atoms with van der Waals surface area (Å²) in [4.78, 5) is 1.87. The summed E-state index contributed by atoms with van der Waals surface area (Å²) >= 11 is 0. The first kappa shape index (κ1) is 12.0. The Bertz CT molecular complexity index is 400. The van der Waals surface area contributed by atoms with Crippen LogP contribution in [0.2, 0.25) is 0 Å². The molecule has 0 aliphatic carbocycles. The molecule has 6 heteroatoms. The Morgan fingerprint density at radius 1 is 1.18 bits per heavy atom. The molecular weight excluding hydrogens is 233 g/mol. The molecule has 2 rings (SSSR count). The molecule has 94 valence electrons. The van der Waals surface area contributed by atoms with Crippen molar-refractivity contribution in [2.24, 2.45) is 0 Å². The highest BCUT2D eigenvalue weighted by molar-refractivity contribution is 5.54. The third kappa shape index (κ3) is 2.63. The predicted molar refractivity (Wildman–Crippen MR) is 58.2 cm³/mol. The maximum absolute atomic E-state index is 12.6. The number of anilines is 1. The van der Waals surface area contributed by atoms with Gasteiger partial charge in [0.05, 0.1) is 5.56 Å². The monoisotopic (exact) mass is 246 g/mol. The summed E-state index contributed by atoms with van der Waals surface area (Å²) < 4.78 is 37.8. The fourth-order valence-corrected chi connectivity index (χ4v) is 1.87. The average molecular weight is 246 g/mol. The number of phenolic OH excluding ortho intramolecular Hbond substituents is 1. The molecule has 2 N–H and O–H groups in total. The van der Waals surface area contributed by atoms with E-state index in [0.29, 0.717) is 18.8 Å². The van der Waals surface area contributed by atoms with Crippen LogP contribution in [-0.4, -0.2) is 31.3 Å². The molecule has 1 saturated heterocycles. The van der Waals surface area contributed by atoms with E-state index in [1.54, 1.807) is 0 Å². The number of hydrogen-bond acceptors (Lipinski definition) is 3. The summed E-state index contributed by atoms with van der Waals surface area (Å²) in [5.41, 5.74) is -0.481. The van der Waals surface area contributed by atoms with Crippen molar-refractivity contribution in [3.63, 3.8) is 0 Å². The van der Waals surface area contributed by atoms with Crippen LogP contribution in [0.5, 0.6) is 5.75 Å².